The summed E-state index contributed by atoms with van der Waals surface area (Å²) in [5.41, 5.74) is 1.01. The Morgan fingerprint density at radius 3 is 2.76 bits per heavy atom. The second-order valence-corrected chi connectivity index (χ2v) is 7.60. The molecule has 0 unspecified atom stereocenters. The molecular weight excluding hydrogens is 354 g/mol. The van der Waals surface area contributed by atoms with Crippen LogP contribution < -0.4 is 24.6 Å². The molecule has 1 aliphatic heterocycles. The lowest BCUT2D eigenvalue weighted by atomic mass is 10.2. The van der Waals surface area contributed by atoms with Crippen molar-refractivity contribution >= 4 is 34.4 Å². The van der Waals surface area contributed by atoms with Crippen molar-refractivity contribution in [2.24, 2.45) is 0 Å². The Hall–Kier alpha value is -1.83. The molecule has 2 aromatic rings. The highest BCUT2D eigenvalue weighted by Crippen LogP contribution is 2.34. The number of nitrogens with zero attached hydrogens (tertiary/aromatic N) is 1. The van der Waals surface area contributed by atoms with Gasteiger partial charge in [0, 0.05) is 16.6 Å². The fraction of sp³-hybridized carbons (Fsp3) is 0.389. The summed E-state index contributed by atoms with van der Waals surface area (Å²) in [5, 5.41) is 6.19. The van der Waals surface area contributed by atoms with Crippen molar-refractivity contribution in [3.05, 3.63) is 40.6 Å². The molecule has 0 aliphatic carbocycles. The van der Waals surface area contributed by atoms with Crippen LogP contribution in [0.2, 0.25) is 0 Å². The van der Waals surface area contributed by atoms with Crippen LogP contribution in [0.1, 0.15) is 4.88 Å². The first-order valence-corrected chi connectivity index (χ1v) is 9.68. The van der Waals surface area contributed by atoms with Gasteiger partial charge >= 0.3 is 0 Å². The predicted molar refractivity (Wildman–Crippen MR) is 106 cm³/mol. The molecule has 0 saturated carbocycles. The molecule has 2 heterocycles. The van der Waals surface area contributed by atoms with E-state index < -0.39 is 0 Å². The lowest BCUT2D eigenvalue weighted by Crippen LogP contribution is -3.06. The zero-order valence-corrected chi connectivity index (χ0v) is 16.2. The van der Waals surface area contributed by atoms with E-state index in [2.05, 4.69) is 41.8 Å². The van der Waals surface area contributed by atoms with Crippen molar-refractivity contribution < 1.29 is 14.4 Å². The van der Waals surface area contributed by atoms with E-state index in [-0.39, 0.29) is 0 Å². The lowest BCUT2D eigenvalue weighted by molar-refractivity contribution is -0.856. The first-order valence-electron chi connectivity index (χ1n) is 8.40. The number of likely N-dealkylation sites (N-methyl/N-ethyl adjacent to an activating group) is 1. The number of hydrogen-bond acceptors (Lipinski definition) is 4. The minimum atomic E-state index is 0.579. The zero-order valence-electron chi connectivity index (χ0n) is 14.6. The molecule has 1 aromatic heterocycles. The largest absolute Gasteiger partial charge is 0.486 e. The standard InChI is InChI=1S/C18H23N3O2S2/c1-20(2)8-7-19-18(24)21(13-15-4-3-11-25-15)14-5-6-16-17(12-14)23-10-9-22-16/h3-6,11-12H,7-10,13H2,1-2H3,(H,19,24)/p+1. The number of nitrogens with one attached hydrogen (secondary N) is 2. The molecule has 0 saturated heterocycles. The fourth-order valence-corrected chi connectivity index (χ4v) is 3.52. The summed E-state index contributed by atoms with van der Waals surface area (Å²) in [6.07, 6.45) is 0. The van der Waals surface area contributed by atoms with Gasteiger partial charge in [0.25, 0.3) is 0 Å². The average molecular weight is 379 g/mol. The third-order valence-corrected chi connectivity index (χ3v) is 5.10. The van der Waals surface area contributed by atoms with E-state index in [0.717, 1.165) is 41.9 Å². The van der Waals surface area contributed by atoms with Crippen molar-refractivity contribution in [2.45, 2.75) is 6.54 Å². The predicted octanol–water partition coefficient (Wildman–Crippen LogP) is 1.54. The Kier molecular flexibility index (Phi) is 6.12. The minimum Gasteiger partial charge on any atom is -0.486 e. The van der Waals surface area contributed by atoms with Crippen LogP contribution in [-0.4, -0.2) is 45.5 Å². The maximum Gasteiger partial charge on any atom is 0.174 e. The molecule has 0 fully saturated rings. The summed E-state index contributed by atoms with van der Waals surface area (Å²) >= 11 is 7.41. The average Bonchev–Trinajstić information content (AvgIpc) is 3.12. The Morgan fingerprint density at radius 1 is 1.24 bits per heavy atom. The second-order valence-electron chi connectivity index (χ2n) is 6.18. The van der Waals surface area contributed by atoms with E-state index in [4.69, 9.17) is 21.7 Å². The maximum atomic E-state index is 5.73. The highest BCUT2D eigenvalue weighted by molar-refractivity contribution is 7.80. The minimum absolute atomic E-state index is 0.579. The van der Waals surface area contributed by atoms with Crippen LogP contribution in [0.4, 0.5) is 5.69 Å². The van der Waals surface area contributed by atoms with Crippen LogP contribution in [0, 0.1) is 0 Å². The molecule has 3 rings (SSSR count). The summed E-state index contributed by atoms with van der Waals surface area (Å²) in [5.74, 6) is 1.57. The zero-order chi connectivity index (χ0) is 17.6. The Morgan fingerprint density at radius 2 is 2.04 bits per heavy atom. The smallest absolute Gasteiger partial charge is 0.174 e. The molecule has 0 radical (unpaired) electrons. The van der Waals surface area contributed by atoms with Gasteiger partial charge in [-0.2, -0.15) is 0 Å². The lowest BCUT2D eigenvalue weighted by Gasteiger charge is -2.27. The van der Waals surface area contributed by atoms with E-state index in [9.17, 15) is 0 Å². The van der Waals surface area contributed by atoms with Gasteiger partial charge in [0.2, 0.25) is 0 Å². The monoisotopic (exact) mass is 378 g/mol. The number of quaternary nitrogens is 1. The second kappa shape index (κ2) is 8.51. The molecule has 0 amide bonds. The van der Waals surface area contributed by atoms with E-state index in [1.165, 1.54) is 9.78 Å². The number of thiophene rings is 1. The summed E-state index contributed by atoms with van der Waals surface area (Å²) < 4.78 is 11.3. The van der Waals surface area contributed by atoms with E-state index in [0.29, 0.717) is 13.2 Å². The number of anilines is 1. The van der Waals surface area contributed by atoms with Crippen molar-refractivity contribution in [3.8, 4) is 11.5 Å². The molecule has 7 heteroatoms. The normalized spacial score (nSPS) is 12.9. The van der Waals surface area contributed by atoms with Gasteiger partial charge in [-0.1, -0.05) is 6.07 Å². The van der Waals surface area contributed by atoms with Gasteiger partial charge < -0.3 is 24.6 Å². The fourth-order valence-electron chi connectivity index (χ4n) is 2.55. The van der Waals surface area contributed by atoms with Gasteiger partial charge in [0.05, 0.1) is 33.7 Å². The van der Waals surface area contributed by atoms with Crippen LogP contribution in [0.15, 0.2) is 35.7 Å². The van der Waals surface area contributed by atoms with Crippen molar-refractivity contribution in [1.82, 2.24) is 5.32 Å². The van der Waals surface area contributed by atoms with Crippen LogP contribution >= 0.6 is 23.6 Å². The number of fused-ring (bicyclic) bond motifs is 1. The van der Waals surface area contributed by atoms with Gasteiger partial charge in [0.1, 0.15) is 13.2 Å². The number of ether oxygens (including phenoxy) is 2. The molecule has 5 nitrogen and oxygen atoms in total. The summed E-state index contributed by atoms with van der Waals surface area (Å²) in [7, 11) is 4.27. The molecule has 134 valence electrons. The topological polar surface area (TPSA) is 38.2 Å². The van der Waals surface area contributed by atoms with Gasteiger partial charge in [-0.25, -0.2) is 0 Å². The first kappa shape index (κ1) is 18.0. The van der Waals surface area contributed by atoms with E-state index >= 15 is 0 Å². The Labute approximate surface area is 158 Å². The molecule has 25 heavy (non-hydrogen) atoms. The molecule has 0 spiro atoms. The third-order valence-electron chi connectivity index (χ3n) is 3.88. The van der Waals surface area contributed by atoms with E-state index in [1.54, 1.807) is 11.3 Å². The molecule has 0 atom stereocenters. The molecular formula is C18H24N3O2S2+. The molecule has 0 bridgehead atoms. The quantitative estimate of drug-likeness (QED) is 0.746. The van der Waals surface area contributed by atoms with Crippen molar-refractivity contribution in [1.29, 1.82) is 0 Å². The number of rotatable bonds is 6. The van der Waals surface area contributed by atoms with Crippen LogP contribution in [0.25, 0.3) is 0 Å². The summed E-state index contributed by atoms with van der Waals surface area (Å²) in [6, 6.07) is 10.2. The maximum absolute atomic E-state index is 5.73. The third kappa shape index (κ3) is 4.84. The highest BCUT2D eigenvalue weighted by Gasteiger charge is 2.18. The number of hydrogen-bond donors (Lipinski definition) is 2. The van der Waals surface area contributed by atoms with Crippen LogP contribution in [0.3, 0.4) is 0 Å². The van der Waals surface area contributed by atoms with Gasteiger partial charge in [0.15, 0.2) is 16.6 Å². The van der Waals surface area contributed by atoms with E-state index in [1.807, 2.05) is 18.2 Å². The summed E-state index contributed by atoms with van der Waals surface area (Å²) in [4.78, 5) is 4.77. The molecule has 1 aromatic carbocycles. The first-order chi connectivity index (χ1) is 12.1. The number of benzene rings is 1. The molecule has 2 N–H and O–H groups in total. The van der Waals surface area contributed by atoms with Crippen molar-refractivity contribution in [3.63, 3.8) is 0 Å². The van der Waals surface area contributed by atoms with Crippen LogP contribution in [-0.2, 0) is 6.54 Å². The van der Waals surface area contributed by atoms with Crippen molar-refractivity contribution in [2.75, 3.05) is 45.3 Å². The highest BCUT2D eigenvalue weighted by atomic mass is 32.1. The van der Waals surface area contributed by atoms with Gasteiger partial charge in [-0.05, 0) is 35.8 Å². The number of thiocarbonyl (C=S) groups is 1. The van der Waals surface area contributed by atoms with Gasteiger partial charge in [-0.15, -0.1) is 11.3 Å². The van der Waals surface area contributed by atoms with Gasteiger partial charge in [-0.3, -0.25) is 0 Å². The Balaban J connectivity index is 1.79. The molecule has 1 aliphatic rings. The SMILES string of the molecule is C[NH+](C)CCNC(=S)N(Cc1cccs1)c1ccc2c(c1)OCCO2. The summed E-state index contributed by atoms with van der Waals surface area (Å²) in [6.45, 7) is 3.76. The Bertz CT molecular complexity index is 704. The van der Waals surface area contributed by atoms with Crippen LogP contribution in [0.5, 0.6) is 11.5 Å².